The topological polar surface area (TPSA) is 76.3 Å². The van der Waals surface area contributed by atoms with E-state index in [0.717, 1.165) is 33.8 Å². The monoisotopic (exact) mass is 447 g/mol. The van der Waals surface area contributed by atoms with Crippen molar-refractivity contribution in [3.8, 4) is 23.3 Å². The number of aromatic nitrogens is 1. The molecule has 4 rings (SSSR count). The molecule has 1 aromatic heterocycles. The van der Waals surface area contributed by atoms with Gasteiger partial charge in [-0.15, -0.1) is 0 Å². The molecule has 0 unspecified atom stereocenters. The van der Waals surface area contributed by atoms with Crippen LogP contribution >= 0.6 is 11.6 Å². The van der Waals surface area contributed by atoms with Crippen molar-refractivity contribution >= 4 is 23.6 Å². The minimum atomic E-state index is -0.437. The molecule has 0 bridgehead atoms. The highest BCUT2D eigenvalue weighted by molar-refractivity contribution is 6.31. The van der Waals surface area contributed by atoms with Crippen molar-refractivity contribution in [1.29, 1.82) is 5.26 Å². The number of halogens is 1. The smallest absolute Gasteiger partial charge is 0.262 e. The lowest BCUT2D eigenvalue weighted by Gasteiger charge is -2.11. The molecule has 162 valence electrons. The van der Waals surface area contributed by atoms with Gasteiger partial charge in [0.15, 0.2) is 11.5 Å². The fourth-order valence-electron chi connectivity index (χ4n) is 3.68. The third-order valence-corrected chi connectivity index (χ3v) is 5.85. The van der Waals surface area contributed by atoms with E-state index in [0.29, 0.717) is 16.5 Å². The number of benzene rings is 2. The average molecular weight is 448 g/mol. The van der Waals surface area contributed by atoms with Gasteiger partial charge in [-0.3, -0.25) is 4.79 Å². The van der Waals surface area contributed by atoms with Crippen LogP contribution in [0.2, 0.25) is 5.02 Å². The number of ether oxygens (including phenoxy) is 2. The Hall–Kier alpha value is -3.69. The molecule has 7 heteroatoms. The molecule has 1 N–H and O–H groups in total. The second-order valence-corrected chi connectivity index (χ2v) is 8.04. The van der Waals surface area contributed by atoms with Crippen molar-refractivity contribution in [2.75, 3.05) is 6.79 Å². The quantitative estimate of drug-likeness (QED) is 0.440. The van der Waals surface area contributed by atoms with Gasteiger partial charge in [0.25, 0.3) is 5.91 Å². The first-order valence-electron chi connectivity index (χ1n) is 10.1. The minimum Gasteiger partial charge on any atom is -0.454 e. The maximum absolute atomic E-state index is 12.7. The Balaban J connectivity index is 1.54. The molecule has 0 saturated carbocycles. The van der Waals surface area contributed by atoms with E-state index < -0.39 is 5.91 Å². The van der Waals surface area contributed by atoms with Crippen LogP contribution in [0.4, 0.5) is 0 Å². The third kappa shape index (κ3) is 4.20. The van der Waals surface area contributed by atoms with E-state index >= 15 is 0 Å². The maximum Gasteiger partial charge on any atom is 0.262 e. The highest BCUT2D eigenvalue weighted by atomic mass is 35.5. The van der Waals surface area contributed by atoms with Gasteiger partial charge in [0, 0.05) is 28.6 Å². The lowest BCUT2D eigenvalue weighted by Crippen LogP contribution is -2.23. The standard InChI is InChI=1S/C25H22ClN3O3/c1-15-4-6-21(11-22(15)26)29-16(2)8-19(17(29)3)10-20(12-27)25(30)28-13-18-5-7-23-24(9-18)32-14-31-23/h4-11H,13-14H2,1-3H3,(H,28,30)/b20-10+. The molecular weight excluding hydrogens is 426 g/mol. The van der Waals surface area contributed by atoms with Crippen LogP contribution < -0.4 is 14.8 Å². The van der Waals surface area contributed by atoms with E-state index in [-0.39, 0.29) is 18.9 Å². The van der Waals surface area contributed by atoms with Gasteiger partial charge in [-0.25, -0.2) is 0 Å². The highest BCUT2D eigenvalue weighted by Crippen LogP contribution is 2.32. The second-order valence-electron chi connectivity index (χ2n) is 7.64. The van der Waals surface area contributed by atoms with Crippen LogP contribution in [0.3, 0.4) is 0 Å². The van der Waals surface area contributed by atoms with E-state index in [1.165, 1.54) is 0 Å². The first kappa shape index (κ1) is 21.5. The normalized spacial score (nSPS) is 12.5. The molecule has 1 aliphatic rings. The number of carbonyl (C=O) groups excluding carboxylic acids is 1. The molecule has 0 atom stereocenters. The predicted octanol–water partition coefficient (Wildman–Crippen LogP) is 5.01. The number of fused-ring (bicyclic) bond motifs is 1. The summed E-state index contributed by atoms with van der Waals surface area (Å²) in [5, 5.41) is 13.1. The van der Waals surface area contributed by atoms with Gasteiger partial charge in [-0.2, -0.15) is 5.26 Å². The molecule has 2 heterocycles. The number of carbonyl (C=O) groups is 1. The Morgan fingerprint density at radius 2 is 1.94 bits per heavy atom. The van der Waals surface area contributed by atoms with Crippen LogP contribution in [0.1, 0.15) is 28.1 Å². The van der Waals surface area contributed by atoms with E-state index in [4.69, 9.17) is 21.1 Å². The molecule has 2 aromatic carbocycles. The van der Waals surface area contributed by atoms with Crippen molar-refractivity contribution in [3.63, 3.8) is 0 Å². The molecule has 0 spiro atoms. The summed E-state index contributed by atoms with van der Waals surface area (Å²) in [6.07, 6.45) is 1.61. The van der Waals surface area contributed by atoms with E-state index in [1.807, 2.05) is 63.2 Å². The Bertz CT molecular complexity index is 1280. The molecular formula is C25H22ClN3O3. The lowest BCUT2D eigenvalue weighted by molar-refractivity contribution is -0.117. The first-order chi connectivity index (χ1) is 15.4. The number of nitriles is 1. The Labute approximate surface area is 191 Å². The average Bonchev–Trinajstić information content (AvgIpc) is 3.35. The summed E-state index contributed by atoms with van der Waals surface area (Å²) in [6, 6.07) is 15.3. The van der Waals surface area contributed by atoms with Gasteiger partial charge in [0.1, 0.15) is 11.6 Å². The fraction of sp³-hybridized carbons (Fsp3) is 0.200. The molecule has 0 aliphatic carbocycles. The van der Waals surface area contributed by atoms with Crippen molar-refractivity contribution < 1.29 is 14.3 Å². The number of amides is 1. The minimum absolute atomic E-state index is 0.0351. The fourth-order valence-corrected chi connectivity index (χ4v) is 3.86. The van der Waals surface area contributed by atoms with Gasteiger partial charge in [-0.1, -0.05) is 23.7 Å². The Morgan fingerprint density at radius 1 is 1.16 bits per heavy atom. The van der Waals surface area contributed by atoms with Crippen molar-refractivity contribution in [2.45, 2.75) is 27.3 Å². The zero-order valence-corrected chi connectivity index (χ0v) is 18.8. The van der Waals surface area contributed by atoms with Crippen LogP contribution in [0.5, 0.6) is 11.5 Å². The number of nitrogens with zero attached hydrogens (tertiary/aromatic N) is 2. The van der Waals surface area contributed by atoms with Crippen LogP contribution in [-0.2, 0) is 11.3 Å². The zero-order valence-electron chi connectivity index (χ0n) is 18.0. The van der Waals surface area contributed by atoms with E-state index in [1.54, 1.807) is 12.1 Å². The SMILES string of the molecule is Cc1ccc(-n2c(C)cc(/C=C(\C#N)C(=O)NCc3ccc4c(c3)OCO4)c2C)cc1Cl. The Kier molecular flexibility index (Phi) is 5.93. The molecule has 1 amide bonds. The zero-order chi connectivity index (χ0) is 22.8. The summed E-state index contributed by atoms with van der Waals surface area (Å²) in [6.45, 7) is 6.35. The van der Waals surface area contributed by atoms with Crippen LogP contribution in [0.25, 0.3) is 11.8 Å². The molecule has 0 fully saturated rings. The van der Waals surface area contributed by atoms with Crippen molar-refractivity contribution in [3.05, 3.63) is 81.1 Å². The third-order valence-electron chi connectivity index (χ3n) is 5.44. The summed E-state index contributed by atoms with van der Waals surface area (Å²) in [4.78, 5) is 12.7. The van der Waals surface area contributed by atoms with Gasteiger partial charge < -0.3 is 19.4 Å². The molecule has 3 aromatic rings. The van der Waals surface area contributed by atoms with Gasteiger partial charge in [0.2, 0.25) is 6.79 Å². The summed E-state index contributed by atoms with van der Waals surface area (Å²) >= 11 is 6.30. The maximum atomic E-state index is 12.7. The Morgan fingerprint density at radius 3 is 2.69 bits per heavy atom. The molecule has 32 heavy (non-hydrogen) atoms. The first-order valence-corrected chi connectivity index (χ1v) is 10.5. The van der Waals surface area contributed by atoms with Crippen LogP contribution in [-0.4, -0.2) is 17.3 Å². The van der Waals surface area contributed by atoms with Gasteiger partial charge in [0.05, 0.1) is 0 Å². The number of nitrogens with one attached hydrogen (secondary N) is 1. The van der Waals surface area contributed by atoms with Crippen molar-refractivity contribution in [2.24, 2.45) is 0 Å². The summed E-state index contributed by atoms with van der Waals surface area (Å²) in [5.41, 5.74) is 5.52. The number of rotatable bonds is 5. The van der Waals surface area contributed by atoms with E-state index in [9.17, 15) is 10.1 Å². The summed E-state index contributed by atoms with van der Waals surface area (Å²) in [5.74, 6) is 0.896. The largest absolute Gasteiger partial charge is 0.454 e. The van der Waals surface area contributed by atoms with Gasteiger partial charge in [-0.05, 0) is 73.9 Å². The second kappa shape index (κ2) is 8.81. The van der Waals surface area contributed by atoms with Crippen molar-refractivity contribution in [1.82, 2.24) is 9.88 Å². The number of aryl methyl sites for hydroxylation is 2. The predicted molar refractivity (Wildman–Crippen MR) is 123 cm³/mol. The van der Waals surface area contributed by atoms with Crippen LogP contribution in [0, 0.1) is 32.1 Å². The molecule has 0 saturated heterocycles. The van der Waals surface area contributed by atoms with E-state index in [2.05, 4.69) is 9.88 Å². The summed E-state index contributed by atoms with van der Waals surface area (Å²) < 4.78 is 12.7. The summed E-state index contributed by atoms with van der Waals surface area (Å²) in [7, 11) is 0. The lowest BCUT2D eigenvalue weighted by atomic mass is 10.1. The van der Waals surface area contributed by atoms with Crippen LogP contribution in [0.15, 0.2) is 48.0 Å². The number of hydrogen-bond acceptors (Lipinski definition) is 4. The molecule has 0 radical (unpaired) electrons. The van der Waals surface area contributed by atoms with Gasteiger partial charge >= 0.3 is 0 Å². The highest BCUT2D eigenvalue weighted by Gasteiger charge is 2.16. The number of hydrogen-bond donors (Lipinski definition) is 1. The molecule has 6 nitrogen and oxygen atoms in total. The molecule has 1 aliphatic heterocycles.